The second kappa shape index (κ2) is 15.7. The zero-order chi connectivity index (χ0) is 38.9. The summed E-state index contributed by atoms with van der Waals surface area (Å²) in [6.07, 6.45) is 0. The SMILES string of the molecule is CC(C)(C)c1cc2c(O)c(c1)COCc1cc(C(C)(C)C)cc(c1O)COCc1cc(C(C)(C)C)cc(c1O)COCc1cc(F)cc(c1O)COC2. The van der Waals surface area contributed by atoms with Gasteiger partial charge in [0, 0.05) is 44.5 Å². The van der Waals surface area contributed by atoms with Crippen LogP contribution in [0.2, 0.25) is 0 Å². The second-order valence-electron chi connectivity index (χ2n) is 17.2. The highest BCUT2D eigenvalue weighted by Crippen LogP contribution is 2.37. The van der Waals surface area contributed by atoms with Gasteiger partial charge in [-0.25, -0.2) is 4.39 Å². The molecule has 53 heavy (non-hydrogen) atoms. The molecule has 0 aliphatic carbocycles. The van der Waals surface area contributed by atoms with Crippen LogP contribution in [0, 0.1) is 5.82 Å². The smallest absolute Gasteiger partial charge is 0.126 e. The van der Waals surface area contributed by atoms with E-state index in [0.29, 0.717) is 33.4 Å². The zero-order valence-electron chi connectivity index (χ0n) is 32.6. The van der Waals surface area contributed by atoms with E-state index in [0.717, 1.165) is 16.7 Å². The van der Waals surface area contributed by atoms with Crippen molar-refractivity contribution in [1.82, 2.24) is 0 Å². The number of hydrogen-bond acceptors (Lipinski definition) is 8. The van der Waals surface area contributed by atoms with Gasteiger partial charge in [-0.2, -0.15) is 0 Å². The van der Waals surface area contributed by atoms with Gasteiger partial charge in [-0.05, 0) is 81.5 Å². The summed E-state index contributed by atoms with van der Waals surface area (Å²) < 4.78 is 39.1. The third kappa shape index (κ3) is 9.70. The first kappa shape index (κ1) is 40.0. The van der Waals surface area contributed by atoms with Gasteiger partial charge in [-0.1, -0.05) is 62.3 Å². The number of fused-ring (bicyclic) bond motifs is 8. The Hall–Kier alpha value is -4.15. The van der Waals surface area contributed by atoms with Crippen LogP contribution < -0.4 is 0 Å². The molecule has 0 amide bonds. The molecular weight excluding hydrogens is 675 g/mol. The van der Waals surface area contributed by atoms with Crippen molar-refractivity contribution in [3.63, 3.8) is 0 Å². The molecular formula is C44H55FO8. The zero-order valence-corrected chi connectivity index (χ0v) is 32.6. The van der Waals surface area contributed by atoms with Gasteiger partial charge >= 0.3 is 0 Å². The van der Waals surface area contributed by atoms with E-state index < -0.39 is 5.82 Å². The fourth-order valence-corrected chi connectivity index (χ4v) is 6.26. The summed E-state index contributed by atoms with van der Waals surface area (Å²) in [5.74, 6) is -0.592. The molecule has 0 spiro atoms. The van der Waals surface area contributed by atoms with Crippen LogP contribution in [-0.2, 0) is 88.0 Å². The highest BCUT2D eigenvalue weighted by atomic mass is 19.1. The quantitative estimate of drug-likeness (QED) is 0.141. The Morgan fingerprint density at radius 3 is 0.698 bits per heavy atom. The molecule has 1 heterocycles. The molecule has 9 heteroatoms. The molecule has 0 atom stereocenters. The normalized spacial score (nSPS) is 15.5. The molecule has 286 valence electrons. The molecule has 0 aromatic heterocycles. The number of phenols is 4. The molecule has 8 bridgehead atoms. The monoisotopic (exact) mass is 730 g/mol. The molecule has 1 aliphatic rings. The summed E-state index contributed by atoms with van der Waals surface area (Å²) >= 11 is 0. The molecule has 8 nitrogen and oxygen atoms in total. The van der Waals surface area contributed by atoms with Gasteiger partial charge in [0.2, 0.25) is 0 Å². The van der Waals surface area contributed by atoms with E-state index in [1.807, 2.05) is 36.4 Å². The van der Waals surface area contributed by atoms with Gasteiger partial charge < -0.3 is 39.4 Å². The number of benzene rings is 4. The van der Waals surface area contributed by atoms with Gasteiger partial charge in [0.05, 0.1) is 52.9 Å². The van der Waals surface area contributed by atoms with E-state index in [-0.39, 0.29) is 103 Å². The first-order chi connectivity index (χ1) is 24.7. The number of phenolic OH excluding ortho intramolecular Hbond substituents is 4. The summed E-state index contributed by atoms with van der Waals surface area (Å²) in [5, 5.41) is 45.3. The van der Waals surface area contributed by atoms with E-state index in [4.69, 9.17) is 18.9 Å². The van der Waals surface area contributed by atoms with Crippen molar-refractivity contribution in [3.05, 3.63) is 116 Å². The first-order valence-electron chi connectivity index (χ1n) is 18.1. The lowest BCUT2D eigenvalue weighted by atomic mass is 9.84. The Labute approximate surface area is 313 Å². The van der Waals surface area contributed by atoms with Crippen LogP contribution in [0.4, 0.5) is 4.39 Å². The van der Waals surface area contributed by atoms with Crippen LogP contribution in [0.15, 0.2) is 48.5 Å². The van der Waals surface area contributed by atoms with Crippen LogP contribution >= 0.6 is 0 Å². The molecule has 4 N–H and O–H groups in total. The number of ether oxygens (including phenoxy) is 4. The minimum absolute atomic E-state index is 0.00591. The van der Waals surface area contributed by atoms with Crippen molar-refractivity contribution in [2.75, 3.05) is 0 Å². The Kier molecular flexibility index (Phi) is 11.8. The van der Waals surface area contributed by atoms with Gasteiger partial charge in [0.1, 0.15) is 28.8 Å². The standard InChI is InChI=1S/C44H55FO8/c1-42(2,3)34-10-26-18-50-20-28-12-35(43(4,5)6)14-30(39(28)47)22-52-24-32-16-37(45)17-33(41(32)49)25-53-23-31-15-36(44(7,8)9)13-29(40(31)48)21-51-19-27(11-34)38(26)46/h10-17,46-49H,18-25H2,1-9H3. The minimum atomic E-state index is -0.555. The van der Waals surface area contributed by atoms with E-state index in [1.54, 1.807) is 0 Å². The molecule has 0 fully saturated rings. The maximum absolute atomic E-state index is 14.8. The Morgan fingerprint density at radius 1 is 0.358 bits per heavy atom. The van der Waals surface area contributed by atoms with E-state index in [1.165, 1.54) is 12.1 Å². The fourth-order valence-electron chi connectivity index (χ4n) is 6.26. The average molecular weight is 731 g/mol. The molecule has 4 aromatic carbocycles. The maximum Gasteiger partial charge on any atom is 0.126 e. The summed E-state index contributed by atoms with van der Waals surface area (Å²) in [7, 11) is 0. The van der Waals surface area contributed by atoms with Crippen LogP contribution in [0.1, 0.15) is 124 Å². The molecule has 0 unspecified atom stereocenters. The fraction of sp³-hybridized carbons (Fsp3) is 0.455. The largest absolute Gasteiger partial charge is 0.507 e. The minimum Gasteiger partial charge on any atom is -0.507 e. The lowest BCUT2D eigenvalue weighted by Crippen LogP contribution is -2.14. The molecule has 0 saturated carbocycles. The average Bonchev–Trinajstić information content (AvgIpc) is 3.05. The van der Waals surface area contributed by atoms with Crippen molar-refractivity contribution in [2.45, 2.75) is 131 Å². The number of aromatic hydroxyl groups is 4. The second-order valence-corrected chi connectivity index (χ2v) is 17.2. The van der Waals surface area contributed by atoms with Crippen molar-refractivity contribution >= 4 is 0 Å². The Bertz CT molecular complexity index is 1820. The first-order valence-corrected chi connectivity index (χ1v) is 18.1. The summed E-state index contributed by atoms with van der Waals surface area (Å²) in [6, 6.07) is 13.9. The van der Waals surface area contributed by atoms with Gasteiger partial charge in [-0.15, -0.1) is 0 Å². The highest BCUT2D eigenvalue weighted by Gasteiger charge is 2.23. The number of hydrogen-bond donors (Lipinski definition) is 4. The van der Waals surface area contributed by atoms with E-state index in [2.05, 4.69) is 62.3 Å². The van der Waals surface area contributed by atoms with Crippen LogP contribution in [0.3, 0.4) is 0 Å². The number of halogens is 1. The number of rotatable bonds is 0. The molecule has 4 aromatic rings. The van der Waals surface area contributed by atoms with Gasteiger partial charge in [-0.3, -0.25) is 0 Å². The highest BCUT2D eigenvalue weighted by molar-refractivity contribution is 5.48. The molecule has 5 rings (SSSR count). The van der Waals surface area contributed by atoms with Crippen molar-refractivity contribution < 1.29 is 43.8 Å². The topological polar surface area (TPSA) is 118 Å². The predicted octanol–water partition coefficient (Wildman–Crippen LogP) is 9.72. The van der Waals surface area contributed by atoms with Crippen molar-refractivity contribution in [3.8, 4) is 23.0 Å². The molecule has 0 radical (unpaired) electrons. The summed E-state index contributed by atoms with van der Waals surface area (Å²) in [6.45, 7) is 18.8. The Morgan fingerprint density at radius 2 is 0.528 bits per heavy atom. The Balaban J connectivity index is 1.55. The summed E-state index contributed by atoms with van der Waals surface area (Å²) in [4.78, 5) is 0. The van der Waals surface area contributed by atoms with Crippen LogP contribution in [0.25, 0.3) is 0 Å². The predicted molar refractivity (Wildman–Crippen MR) is 202 cm³/mol. The van der Waals surface area contributed by atoms with E-state index in [9.17, 15) is 24.8 Å². The summed E-state index contributed by atoms with van der Waals surface area (Å²) in [5.41, 5.74) is 6.01. The third-order valence-electron chi connectivity index (χ3n) is 9.69. The maximum atomic E-state index is 14.8. The van der Waals surface area contributed by atoms with Crippen LogP contribution in [-0.4, -0.2) is 20.4 Å². The molecule has 1 aliphatic heterocycles. The van der Waals surface area contributed by atoms with Gasteiger partial charge in [0.15, 0.2) is 0 Å². The third-order valence-corrected chi connectivity index (χ3v) is 9.69. The van der Waals surface area contributed by atoms with Gasteiger partial charge in [0.25, 0.3) is 0 Å². The lowest BCUT2D eigenvalue weighted by Gasteiger charge is -2.24. The van der Waals surface area contributed by atoms with E-state index >= 15 is 0 Å². The lowest BCUT2D eigenvalue weighted by molar-refractivity contribution is 0.0927. The van der Waals surface area contributed by atoms with Crippen LogP contribution in [0.5, 0.6) is 23.0 Å². The molecule has 0 saturated heterocycles. The van der Waals surface area contributed by atoms with Crippen molar-refractivity contribution in [2.24, 2.45) is 0 Å². The van der Waals surface area contributed by atoms with Crippen molar-refractivity contribution in [1.29, 1.82) is 0 Å².